The first-order chi connectivity index (χ1) is 13.3. The van der Waals surface area contributed by atoms with E-state index in [-0.39, 0.29) is 12.2 Å². The van der Waals surface area contributed by atoms with Crippen LogP contribution in [0.25, 0.3) is 0 Å². The molecule has 3 rings (SSSR count). The zero-order chi connectivity index (χ0) is 18.9. The summed E-state index contributed by atoms with van der Waals surface area (Å²) >= 11 is 0. The van der Waals surface area contributed by atoms with Crippen LogP contribution in [-0.4, -0.2) is 39.0 Å². The normalized spacial score (nSPS) is 19.3. The molecule has 0 bridgehead atoms. The monoisotopic (exact) mass is 365 g/mol. The van der Waals surface area contributed by atoms with Crippen molar-refractivity contribution in [3.05, 3.63) is 59.7 Å². The van der Waals surface area contributed by atoms with Gasteiger partial charge in [-0.2, -0.15) is 5.26 Å². The van der Waals surface area contributed by atoms with Crippen molar-refractivity contribution in [1.82, 2.24) is 5.32 Å². The Labute approximate surface area is 161 Å². The van der Waals surface area contributed by atoms with Crippen molar-refractivity contribution in [1.29, 1.82) is 5.26 Å². The summed E-state index contributed by atoms with van der Waals surface area (Å²) in [5.41, 5.74) is 3.16. The van der Waals surface area contributed by atoms with Crippen molar-refractivity contribution in [2.75, 3.05) is 32.1 Å². The Kier molecular flexibility index (Phi) is 7.09. The second kappa shape index (κ2) is 9.96. The Hall–Kier alpha value is -2.55. The van der Waals surface area contributed by atoms with Crippen LogP contribution in [0.3, 0.4) is 0 Å². The molecule has 27 heavy (non-hydrogen) atoms. The van der Waals surface area contributed by atoms with E-state index in [0.29, 0.717) is 12.2 Å². The zero-order valence-corrected chi connectivity index (χ0v) is 15.8. The molecule has 0 aliphatic carbocycles. The number of nitrogens with one attached hydrogen (secondary N) is 2. The van der Waals surface area contributed by atoms with Gasteiger partial charge in [0.25, 0.3) is 0 Å². The topological polar surface area (TPSA) is 66.3 Å². The number of ether oxygens (including phenoxy) is 2. The van der Waals surface area contributed by atoms with Crippen LogP contribution in [0.5, 0.6) is 5.75 Å². The number of nitrogens with zero attached hydrogens (tertiary/aromatic N) is 1. The van der Waals surface area contributed by atoms with Gasteiger partial charge < -0.3 is 20.1 Å². The number of hydrogen-bond acceptors (Lipinski definition) is 5. The third-order valence-electron chi connectivity index (χ3n) is 4.84. The highest BCUT2D eigenvalue weighted by molar-refractivity contribution is 5.50. The van der Waals surface area contributed by atoms with Crippen LogP contribution < -0.4 is 15.4 Å². The van der Waals surface area contributed by atoms with Crippen molar-refractivity contribution in [2.24, 2.45) is 0 Å². The summed E-state index contributed by atoms with van der Waals surface area (Å²) in [6.07, 6.45) is 3.23. The first-order valence-corrected chi connectivity index (χ1v) is 9.53. The van der Waals surface area contributed by atoms with Gasteiger partial charge in [0, 0.05) is 32.2 Å². The number of anilines is 1. The lowest BCUT2D eigenvalue weighted by Gasteiger charge is -2.31. The Balaban J connectivity index is 1.41. The molecule has 1 aliphatic rings. The quantitative estimate of drug-likeness (QED) is 0.751. The highest BCUT2D eigenvalue weighted by Crippen LogP contribution is 2.19. The van der Waals surface area contributed by atoms with Gasteiger partial charge in [-0.15, -0.1) is 0 Å². The molecule has 0 unspecified atom stereocenters. The van der Waals surface area contributed by atoms with E-state index in [0.717, 1.165) is 38.1 Å². The number of para-hydroxylation sites is 1. The van der Waals surface area contributed by atoms with E-state index in [9.17, 15) is 0 Å². The van der Waals surface area contributed by atoms with Crippen LogP contribution in [0.2, 0.25) is 0 Å². The van der Waals surface area contributed by atoms with E-state index in [1.54, 1.807) is 12.1 Å². The summed E-state index contributed by atoms with van der Waals surface area (Å²) in [4.78, 5) is 0. The predicted molar refractivity (Wildman–Crippen MR) is 107 cm³/mol. The second-order valence-electron chi connectivity index (χ2n) is 6.76. The Morgan fingerprint density at radius 1 is 1.11 bits per heavy atom. The molecule has 1 saturated heterocycles. The first-order valence-electron chi connectivity index (χ1n) is 9.53. The number of rotatable bonds is 8. The molecule has 2 N–H and O–H groups in total. The maximum absolute atomic E-state index is 8.83. The number of benzene rings is 2. The molecule has 2 aromatic rings. The fraction of sp³-hybridized carbons (Fsp3) is 0.409. The molecule has 142 valence electrons. The summed E-state index contributed by atoms with van der Waals surface area (Å²) in [5, 5.41) is 15.6. The molecule has 1 heterocycles. The fourth-order valence-corrected chi connectivity index (χ4v) is 3.35. The van der Waals surface area contributed by atoms with E-state index in [2.05, 4.69) is 41.0 Å². The lowest BCUT2D eigenvalue weighted by molar-refractivity contribution is -0.0479. The minimum Gasteiger partial charge on any atom is -0.493 e. The molecule has 0 radical (unpaired) electrons. The van der Waals surface area contributed by atoms with Crippen LogP contribution >= 0.6 is 0 Å². The summed E-state index contributed by atoms with van der Waals surface area (Å²) in [6, 6.07) is 17.7. The van der Waals surface area contributed by atoms with Gasteiger partial charge >= 0.3 is 0 Å². The Morgan fingerprint density at radius 2 is 1.85 bits per heavy atom. The second-order valence-corrected chi connectivity index (χ2v) is 6.76. The molecule has 0 spiro atoms. The zero-order valence-electron chi connectivity index (χ0n) is 15.8. The molecule has 0 saturated carbocycles. The van der Waals surface area contributed by atoms with Crippen molar-refractivity contribution in [2.45, 2.75) is 31.5 Å². The molecule has 2 aromatic carbocycles. The predicted octanol–water partition coefficient (Wildman–Crippen LogP) is 3.36. The number of morpholine rings is 1. The molecule has 5 heteroatoms. The molecule has 5 nitrogen and oxygen atoms in total. The van der Waals surface area contributed by atoms with Gasteiger partial charge in [-0.25, -0.2) is 0 Å². The molecule has 0 aromatic heterocycles. The molecular weight excluding hydrogens is 338 g/mol. The maximum Gasteiger partial charge on any atom is 0.119 e. The molecular formula is C22H27N3O2. The molecule has 1 aliphatic heterocycles. The lowest BCUT2D eigenvalue weighted by Crippen LogP contribution is -2.45. The van der Waals surface area contributed by atoms with Crippen molar-refractivity contribution in [3.63, 3.8) is 0 Å². The van der Waals surface area contributed by atoms with Gasteiger partial charge in [-0.3, -0.25) is 0 Å². The van der Waals surface area contributed by atoms with Gasteiger partial charge in [-0.1, -0.05) is 18.2 Å². The fourth-order valence-electron chi connectivity index (χ4n) is 3.35. The van der Waals surface area contributed by atoms with Crippen LogP contribution in [0.4, 0.5) is 5.69 Å². The lowest BCUT2D eigenvalue weighted by atomic mass is 10.0. The van der Waals surface area contributed by atoms with Crippen molar-refractivity contribution >= 4 is 5.69 Å². The summed E-state index contributed by atoms with van der Waals surface area (Å²) in [5.74, 6) is 0.790. The van der Waals surface area contributed by atoms with Gasteiger partial charge in [0.15, 0.2) is 0 Å². The van der Waals surface area contributed by atoms with E-state index in [1.807, 2.05) is 19.2 Å². The third-order valence-corrected chi connectivity index (χ3v) is 4.84. The number of hydrogen-bond donors (Lipinski definition) is 2. The van der Waals surface area contributed by atoms with Gasteiger partial charge in [-0.05, 0) is 48.7 Å². The minimum atomic E-state index is 0.168. The first kappa shape index (κ1) is 19.2. The Bertz CT molecular complexity index is 755. The molecule has 0 amide bonds. The van der Waals surface area contributed by atoms with Gasteiger partial charge in [0.2, 0.25) is 0 Å². The van der Waals surface area contributed by atoms with Crippen LogP contribution in [-0.2, 0) is 11.2 Å². The third kappa shape index (κ3) is 5.72. The summed E-state index contributed by atoms with van der Waals surface area (Å²) in [6.45, 7) is 2.36. The number of nitriles is 1. The van der Waals surface area contributed by atoms with Crippen LogP contribution in [0.15, 0.2) is 48.5 Å². The van der Waals surface area contributed by atoms with E-state index in [4.69, 9.17) is 14.7 Å². The average Bonchev–Trinajstić information content (AvgIpc) is 2.73. The smallest absolute Gasteiger partial charge is 0.119 e. The van der Waals surface area contributed by atoms with Crippen LogP contribution in [0.1, 0.15) is 24.0 Å². The maximum atomic E-state index is 8.83. The van der Waals surface area contributed by atoms with Crippen molar-refractivity contribution in [3.8, 4) is 11.8 Å². The minimum absolute atomic E-state index is 0.168. The van der Waals surface area contributed by atoms with Crippen molar-refractivity contribution < 1.29 is 9.47 Å². The standard InChI is InChI=1S/C22H27N3O2/c1-24-22-5-3-2-4-18(22)8-11-20-15-25-16-21(27-20)12-13-26-19-9-6-17(14-23)7-10-19/h2-7,9-10,20-21,24-25H,8,11-13,15-16H2,1H3/t20-,21-/m1/s1. The highest BCUT2D eigenvalue weighted by atomic mass is 16.5. The summed E-state index contributed by atoms with van der Waals surface area (Å²) in [7, 11) is 1.96. The van der Waals surface area contributed by atoms with E-state index < -0.39 is 0 Å². The summed E-state index contributed by atoms with van der Waals surface area (Å²) < 4.78 is 12.0. The average molecular weight is 365 g/mol. The molecule has 1 fully saturated rings. The van der Waals surface area contributed by atoms with Gasteiger partial charge in [0.05, 0.1) is 30.4 Å². The highest BCUT2D eigenvalue weighted by Gasteiger charge is 2.22. The van der Waals surface area contributed by atoms with E-state index in [1.165, 1.54) is 11.3 Å². The molecule has 2 atom stereocenters. The Morgan fingerprint density at radius 3 is 2.59 bits per heavy atom. The van der Waals surface area contributed by atoms with Crippen LogP contribution in [0, 0.1) is 11.3 Å². The van der Waals surface area contributed by atoms with Gasteiger partial charge in [0.1, 0.15) is 5.75 Å². The van der Waals surface area contributed by atoms with E-state index >= 15 is 0 Å². The largest absolute Gasteiger partial charge is 0.493 e. The number of aryl methyl sites for hydroxylation is 1. The SMILES string of the molecule is CNc1ccccc1CC[C@@H]1CNC[C@@H](CCOc2ccc(C#N)cc2)O1.